The van der Waals surface area contributed by atoms with Crippen molar-refractivity contribution in [3.05, 3.63) is 46.2 Å². The van der Waals surface area contributed by atoms with E-state index in [-0.39, 0.29) is 5.56 Å². The Kier molecular flexibility index (Phi) is 6.26. The molecule has 1 heterocycles. The summed E-state index contributed by atoms with van der Waals surface area (Å²) in [5.74, 6) is 0.298. The number of carbonyl (C=O) groups is 1. The number of rotatable bonds is 8. The first-order chi connectivity index (χ1) is 11.5. The van der Waals surface area contributed by atoms with Crippen LogP contribution < -0.4 is 4.74 Å². The lowest BCUT2D eigenvalue weighted by Gasteiger charge is -2.17. The van der Waals surface area contributed by atoms with Crippen LogP contribution in [0.1, 0.15) is 48.3 Å². The van der Waals surface area contributed by atoms with Crippen LogP contribution in [0.3, 0.4) is 0 Å². The van der Waals surface area contributed by atoms with Gasteiger partial charge in [-0.1, -0.05) is 38.3 Å². The molecule has 24 heavy (non-hydrogen) atoms. The minimum absolute atomic E-state index is 0.205. The standard InChI is InChI=1S/C18H23ClN2O3/c1-4-13(5-2)11-24-17-7-6-15(19)8-14(17)10-21-12(3)16(9-20-21)18(22)23/h6-9,13H,4-5,10-11H2,1-3H3,(H,22,23). The lowest BCUT2D eigenvalue weighted by molar-refractivity contribution is 0.0696. The van der Waals surface area contributed by atoms with Crippen molar-refractivity contribution in [2.75, 3.05) is 6.61 Å². The molecule has 0 aliphatic rings. The average molecular weight is 351 g/mol. The molecule has 6 heteroatoms. The third-order valence-electron chi connectivity index (χ3n) is 4.31. The highest BCUT2D eigenvalue weighted by Crippen LogP contribution is 2.25. The maximum Gasteiger partial charge on any atom is 0.339 e. The SMILES string of the molecule is CCC(CC)COc1ccc(Cl)cc1Cn1ncc(C(=O)O)c1C. The Labute approximate surface area is 147 Å². The summed E-state index contributed by atoms with van der Waals surface area (Å²) >= 11 is 6.12. The Morgan fingerprint density at radius 2 is 2.08 bits per heavy atom. The Morgan fingerprint density at radius 1 is 1.38 bits per heavy atom. The monoisotopic (exact) mass is 350 g/mol. The molecule has 0 saturated heterocycles. The molecule has 0 spiro atoms. The molecular weight excluding hydrogens is 328 g/mol. The molecular formula is C18H23ClN2O3. The quantitative estimate of drug-likeness (QED) is 0.766. The summed E-state index contributed by atoms with van der Waals surface area (Å²) in [6.45, 7) is 7.12. The molecule has 0 bridgehead atoms. The van der Waals surface area contributed by atoms with E-state index in [9.17, 15) is 4.79 Å². The van der Waals surface area contributed by atoms with Crippen LogP contribution in [0.15, 0.2) is 24.4 Å². The number of hydrogen-bond acceptors (Lipinski definition) is 3. The summed E-state index contributed by atoms with van der Waals surface area (Å²) in [7, 11) is 0. The Bertz CT molecular complexity index is 708. The van der Waals surface area contributed by atoms with Crippen molar-refractivity contribution in [2.24, 2.45) is 5.92 Å². The van der Waals surface area contributed by atoms with Gasteiger partial charge in [-0.3, -0.25) is 4.68 Å². The van der Waals surface area contributed by atoms with Gasteiger partial charge < -0.3 is 9.84 Å². The minimum atomic E-state index is -0.977. The first kappa shape index (κ1) is 18.3. The zero-order valence-electron chi connectivity index (χ0n) is 14.3. The molecule has 0 radical (unpaired) electrons. The largest absolute Gasteiger partial charge is 0.493 e. The molecule has 1 aromatic carbocycles. The number of carboxylic acid groups (broad SMARTS) is 1. The molecule has 0 aliphatic carbocycles. The zero-order chi connectivity index (χ0) is 17.7. The summed E-state index contributed by atoms with van der Waals surface area (Å²) < 4.78 is 7.64. The highest BCUT2D eigenvalue weighted by atomic mass is 35.5. The van der Waals surface area contributed by atoms with Gasteiger partial charge in [-0.2, -0.15) is 5.10 Å². The molecule has 5 nitrogen and oxygen atoms in total. The Balaban J connectivity index is 2.23. The topological polar surface area (TPSA) is 64.4 Å². The highest BCUT2D eigenvalue weighted by molar-refractivity contribution is 6.30. The van der Waals surface area contributed by atoms with Crippen LogP contribution in [-0.2, 0) is 6.54 Å². The number of hydrogen-bond donors (Lipinski definition) is 1. The van der Waals surface area contributed by atoms with Crippen LogP contribution in [0.2, 0.25) is 5.02 Å². The molecule has 1 N–H and O–H groups in total. The van der Waals surface area contributed by atoms with Crippen molar-refractivity contribution in [1.29, 1.82) is 0 Å². The fraction of sp³-hybridized carbons (Fsp3) is 0.444. The van der Waals surface area contributed by atoms with Gasteiger partial charge >= 0.3 is 5.97 Å². The number of aromatic nitrogens is 2. The van der Waals surface area contributed by atoms with Gasteiger partial charge in [0, 0.05) is 10.6 Å². The maximum atomic E-state index is 11.2. The van der Waals surface area contributed by atoms with Gasteiger partial charge in [0.15, 0.2) is 0 Å². The minimum Gasteiger partial charge on any atom is -0.493 e. The van der Waals surface area contributed by atoms with Crippen LogP contribution in [0, 0.1) is 12.8 Å². The molecule has 130 valence electrons. The van der Waals surface area contributed by atoms with Crippen molar-refractivity contribution in [1.82, 2.24) is 9.78 Å². The number of carboxylic acids is 1. The van der Waals surface area contributed by atoms with E-state index in [1.54, 1.807) is 17.7 Å². The molecule has 0 saturated carbocycles. The Hall–Kier alpha value is -2.01. The van der Waals surface area contributed by atoms with E-state index in [4.69, 9.17) is 21.4 Å². The average Bonchev–Trinajstić information content (AvgIpc) is 2.91. The fourth-order valence-corrected chi connectivity index (χ4v) is 2.72. The number of aromatic carboxylic acids is 1. The van der Waals surface area contributed by atoms with Gasteiger partial charge in [0.05, 0.1) is 25.0 Å². The molecule has 2 aromatic rings. The third kappa shape index (κ3) is 4.29. The fourth-order valence-electron chi connectivity index (χ4n) is 2.52. The van der Waals surface area contributed by atoms with E-state index in [1.165, 1.54) is 6.20 Å². The summed E-state index contributed by atoms with van der Waals surface area (Å²) in [4.78, 5) is 11.2. The van der Waals surface area contributed by atoms with Gasteiger partial charge in [0.2, 0.25) is 0 Å². The molecule has 0 atom stereocenters. The predicted octanol–water partition coefficient (Wildman–Crippen LogP) is 4.41. The molecule has 1 aromatic heterocycles. The van der Waals surface area contributed by atoms with Crippen molar-refractivity contribution in [3.8, 4) is 5.75 Å². The smallest absolute Gasteiger partial charge is 0.339 e. The number of halogens is 1. The second-order valence-corrected chi connectivity index (χ2v) is 6.29. The highest BCUT2D eigenvalue weighted by Gasteiger charge is 2.15. The third-order valence-corrected chi connectivity index (χ3v) is 4.54. The van der Waals surface area contributed by atoms with E-state index in [1.807, 2.05) is 12.1 Å². The van der Waals surface area contributed by atoms with Crippen LogP contribution in [-0.4, -0.2) is 27.5 Å². The Morgan fingerprint density at radius 3 is 2.67 bits per heavy atom. The second-order valence-electron chi connectivity index (χ2n) is 5.85. The lowest BCUT2D eigenvalue weighted by atomic mass is 10.1. The van der Waals surface area contributed by atoms with Gasteiger partial charge in [0.25, 0.3) is 0 Å². The maximum absolute atomic E-state index is 11.2. The summed E-state index contributed by atoms with van der Waals surface area (Å²) in [5.41, 5.74) is 1.70. The molecule has 0 fully saturated rings. The summed E-state index contributed by atoms with van der Waals surface area (Å²) in [6.07, 6.45) is 3.51. The van der Waals surface area contributed by atoms with Crippen molar-refractivity contribution >= 4 is 17.6 Å². The van der Waals surface area contributed by atoms with Crippen molar-refractivity contribution < 1.29 is 14.6 Å². The number of ether oxygens (including phenoxy) is 1. The van der Waals surface area contributed by atoms with Gasteiger partial charge in [-0.05, 0) is 31.0 Å². The molecule has 0 amide bonds. The predicted molar refractivity (Wildman–Crippen MR) is 94.0 cm³/mol. The van der Waals surface area contributed by atoms with E-state index in [2.05, 4.69) is 18.9 Å². The van der Waals surface area contributed by atoms with Crippen LogP contribution in [0.4, 0.5) is 0 Å². The molecule has 0 aliphatic heterocycles. The zero-order valence-corrected chi connectivity index (χ0v) is 15.0. The molecule has 0 unspecified atom stereocenters. The number of benzene rings is 1. The van der Waals surface area contributed by atoms with E-state index in [0.29, 0.717) is 29.8 Å². The van der Waals surface area contributed by atoms with Crippen molar-refractivity contribution in [3.63, 3.8) is 0 Å². The lowest BCUT2D eigenvalue weighted by Crippen LogP contribution is -2.12. The molecule has 2 rings (SSSR count). The van der Waals surface area contributed by atoms with Crippen LogP contribution in [0.5, 0.6) is 5.75 Å². The van der Waals surface area contributed by atoms with Gasteiger partial charge in [-0.25, -0.2) is 4.79 Å². The van der Waals surface area contributed by atoms with Gasteiger partial charge in [-0.15, -0.1) is 0 Å². The van der Waals surface area contributed by atoms with Gasteiger partial charge in [0.1, 0.15) is 11.3 Å². The van der Waals surface area contributed by atoms with Crippen LogP contribution >= 0.6 is 11.6 Å². The first-order valence-corrected chi connectivity index (χ1v) is 8.50. The van der Waals surface area contributed by atoms with E-state index < -0.39 is 5.97 Å². The van der Waals surface area contributed by atoms with Crippen molar-refractivity contribution in [2.45, 2.75) is 40.2 Å². The second kappa shape index (κ2) is 8.20. The summed E-state index contributed by atoms with van der Waals surface area (Å²) in [6, 6.07) is 5.49. The number of nitrogens with zero attached hydrogens (tertiary/aromatic N) is 2. The first-order valence-electron chi connectivity index (χ1n) is 8.13. The van der Waals surface area contributed by atoms with E-state index >= 15 is 0 Å². The van der Waals surface area contributed by atoms with E-state index in [0.717, 1.165) is 24.2 Å². The normalized spacial score (nSPS) is 11.0. The summed E-state index contributed by atoms with van der Waals surface area (Å²) in [5, 5.41) is 13.9. The van der Waals surface area contributed by atoms with Crippen LogP contribution in [0.25, 0.3) is 0 Å².